The SMILES string of the molecule is CC1(C)c2ccccc2-c2ccc(N(c3ccc4c(c3)C(C)(C)c3ccccc3-4)C3CCC4c5ccc(N(c6ccccc6)c6ccccc6)cc5C(C)(C)C4C3)cc21. The highest BCUT2D eigenvalue weighted by Crippen LogP contribution is 2.59. The van der Waals surface area contributed by atoms with Crippen LogP contribution in [0.15, 0.2) is 164 Å². The number of hydrogen-bond donors (Lipinski definition) is 0. The zero-order chi connectivity index (χ0) is 40.3. The van der Waals surface area contributed by atoms with Crippen molar-refractivity contribution in [2.75, 3.05) is 9.80 Å². The molecule has 7 aromatic rings. The van der Waals surface area contributed by atoms with E-state index in [-0.39, 0.29) is 16.2 Å². The fourth-order valence-electron chi connectivity index (χ4n) is 12.2. The van der Waals surface area contributed by atoms with E-state index in [9.17, 15) is 0 Å². The summed E-state index contributed by atoms with van der Waals surface area (Å²) in [6.45, 7) is 14.7. The Morgan fingerprint density at radius 3 is 1.41 bits per heavy atom. The smallest absolute Gasteiger partial charge is 0.0464 e. The molecule has 2 nitrogen and oxygen atoms in total. The van der Waals surface area contributed by atoms with E-state index in [4.69, 9.17) is 0 Å². The topological polar surface area (TPSA) is 6.48 Å². The maximum Gasteiger partial charge on any atom is 0.0464 e. The van der Waals surface area contributed by atoms with Crippen molar-refractivity contribution in [3.8, 4) is 22.3 Å². The van der Waals surface area contributed by atoms with E-state index in [1.807, 2.05) is 0 Å². The Morgan fingerprint density at radius 1 is 0.407 bits per heavy atom. The molecule has 11 rings (SSSR count). The highest BCUT2D eigenvalue weighted by molar-refractivity contribution is 5.86. The van der Waals surface area contributed by atoms with Crippen molar-refractivity contribution in [1.82, 2.24) is 0 Å². The predicted molar refractivity (Wildman–Crippen MR) is 248 cm³/mol. The van der Waals surface area contributed by atoms with Crippen LogP contribution in [0.3, 0.4) is 0 Å². The molecule has 0 aliphatic heterocycles. The molecule has 0 spiro atoms. The van der Waals surface area contributed by atoms with Crippen molar-refractivity contribution in [3.63, 3.8) is 0 Å². The van der Waals surface area contributed by atoms with Gasteiger partial charge in [0, 0.05) is 45.3 Å². The van der Waals surface area contributed by atoms with Crippen LogP contribution in [0, 0.1) is 5.92 Å². The number of fused-ring (bicyclic) bond motifs is 9. The number of nitrogens with zero attached hydrogens (tertiary/aromatic N) is 2. The van der Waals surface area contributed by atoms with Gasteiger partial charge in [0.15, 0.2) is 0 Å². The fraction of sp³-hybridized carbons (Fsp3) is 0.263. The lowest BCUT2D eigenvalue weighted by Gasteiger charge is -2.44. The minimum atomic E-state index is -0.0625. The van der Waals surface area contributed by atoms with Crippen LogP contribution in [0.2, 0.25) is 0 Å². The van der Waals surface area contributed by atoms with Crippen molar-refractivity contribution in [2.45, 2.75) is 89.0 Å². The van der Waals surface area contributed by atoms with Gasteiger partial charge >= 0.3 is 0 Å². The molecule has 0 N–H and O–H groups in total. The molecular formula is C57H54N2. The Balaban J connectivity index is 1.00. The van der Waals surface area contributed by atoms with Gasteiger partial charge in [-0.1, -0.05) is 145 Å². The Labute approximate surface area is 351 Å². The molecule has 7 aromatic carbocycles. The number of benzene rings is 7. The molecule has 4 aliphatic carbocycles. The molecule has 292 valence electrons. The van der Waals surface area contributed by atoms with Crippen molar-refractivity contribution in [3.05, 3.63) is 197 Å². The minimum Gasteiger partial charge on any atom is -0.338 e. The average molecular weight is 767 g/mol. The zero-order valence-corrected chi connectivity index (χ0v) is 35.3. The van der Waals surface area contributed by atoms with E-state index < -0.39 is 0 Å². The minimum absolute atomic E-state index is 0.0164. The molecule has 3 unspecified atom stereocenters. The van der Waals surface area contributed by atoms with Crippen LogP contribution in [-0.2, 0) is 16.2 Å². The summed E-state index contributed by atoms with van der Waals surface area (Å²) in [5.74, 6) is 1.08. The summed E-state index contributed by atoms with van der Waals surface area (Å²) >= 11 is 0. The van der Waals surface area contributed by atoms with Crippen molar-refractivity contribution in [1.29, 1.82) is 0 Å². The maximum absolute atomic E-state index is 2.77. The average Bonchev–Trinajstić information content (AvgIpc) is 3.74. The molecule has 4 aliphatic rings. The molecule has 59 heavy (non-hydrogen) atoms. The zero-order valence-electron chi connectivity index (χ0n) is 35.3. The molecule has 1 saturated carbocycles. The standard InChI is InChI=1S/C57H54N2/c1-55(2)49-23-15-13-21-43(49)45-29-26-40(34-51(45)55)59(41-27-30-46-44-22-14-16-24-50(44)56(3,4)52(46)35-41)42-28-32-48-47-31-25-39(33-53(47)57(5,6)54(48)36-42)58(37-17-9-7-10-18-37)38-19-11-8-12-20-38/h7-27,29-31,33-35,42,48,54H,28,32,36H2,1-6H3. The lowest BCUT2D eigenvalue weighted by atomic mass is 9.68. The van der Waals surface area contributed by atoms with Gasteiger partial charge in [0.2, 0.25) is 0 Å². The molecule has 1 fully saturated rings. The summed E-state index contributed by atoms with van der Waals surface area (Å²) in [4.78, 5) is 5.19. The molecule has 0 heterocycles. The third kappa shape index (κ3) is 5.38. The first-order valence-electron chi connectivity index (χ1n) is 21.9. The van der Waals surface area contributed by atoms with Crippen LogP contribution in [0.1, 0.15) is 100 Å². The number of rotatable bonds is 6. The Kier molecular flexibility index (Phi) is 8.03. The second-order valence-corrected chi connectivity index (χ2v) is 19.4. The van der Waals surface area contributed by atoms with Gasteiger partial charge in [-0.25, -0.2) is 0 Å². The van der Waals surface area contributed by atoms with Crippen molar-refractivity contribution < 1.29 is 0 Å². The monoisotopic (exact) mass is 766 g/mol. The van der Waals surface area contributed by atoms with E-state index in [2.05, 4.69) is 215 Å². The quantitative estimate of drug-likeness (QED) is 0.166. The molecule has 0 radical (unpaired) electrons. The molecule has 0 bridgehead atoms. The molecule has 3 atom stereocenters. The highest BCUT2D eigenvalue weighted by atomic mass is 15.2. The van der Waals surface area contributed by atoms with Gasteiger partial charge in [0.25, 0.3) is 0 Å². The van der Waals surface area contributed by atoms with E-state index in [0.717, 1.165) is 12.8 Å². The number of anilines is 5. The Bertz CT molecular complexity index is 2610. The van der Waals surface area contributed by atoms with Crippen LogP contribution in [0.25, 0.3) is 22.3 Å². The molecule has 0 amide bonds. The highest BCUT2D eigenvalue weighted by Gasteiger charge is 2.50. The summed E-state index contributed by atoms with van der Waals surface area (Å²) in [6, 6.07) is 62.3. The second kappa shape index (κ2) is 13.1. The number of hydrogen-bond acceptors (Lipinski definition) is 2. The van der Waals surface area contributed by atoms with Gasteiger partial charge in [0.05, 0.1) is 0 Å². The van der Waals surface area contributed by atoms with Gasteiger partial charge < -0.3 is 9.80 Å². The fourth-order valence-corrected chi connectivity index (χ4v) is 12.2. The molecular weight excluding hydrogens is 713 g/mol. The summed E-state index contributed by atoms with van der Waals surface area (Å²) in [6.07, 6.45) is 3.48. The second-order valence-electron chi connectivity index (χ2n) is 19.4. The van der Waals surface area contributed by atoms with Gasteiger partial charge in [-0.3, -0.25) is 0 Å². The van der Waals surface area contributed by atoms with Gasteiger partial charge in [-0.15, -0.1) is 0 Å². The molecule has 2 heteroatoms. The van der Waals surface area contributed by atoms with E-state index in [0.29, 0.717) is 17.9 Å². The van der Waals surface area contributed by atoms with E-state index in [1.54, 1.807) is 5.56 Å². The summed E-state index contributed by atoms with van der Waals surface area (Å²) in [7, 11) is 0. The van der Waals surface area contributed by atoms with E-state index >= 15 is 0 Å². The summed E-state index contributed by atoms with van der Waals surface area (Å²) in [5, 5.41) is 0. The summed E-state index contributed by atoms with van der Waals surface area (Å²) in [5.41, 5.74) is 20.5. The van der Waals surface area contributed by atoms with Crippen LogP contribution in [0.5, 0.6) is 0 Å². The van der Waals surface area contributed by atoms with Crippen molar-refractivity contribution >= 4 is 28.4 Å². The van der Waals surface area contributed by atoms with Gasteiger partial charge in [-0.2, -0.15) is 0 Å². The van der Waals surface area contributed by atoms with Crippen LogP contribution in [0.4, 0.5) is 28.4 Å². The first-order valence-corrected chi connectivity index (χ1v) is 21.9. The first kappa shape index (κ1) is 36.2. The lowest BCUT2D eigenvalue weighted by Crippen LogP contribution is -2.41. The van der Waals surface area contributed by atoms with Gasteiger partial charge in [-0.05, 0) is 153 Å². The lowest BCUT2D eigenvalue weighted by molar-refractivity contribution is 0.213. The largest absolute Gasteiger partial charge is 0.338 e. The van der Waals surface area contributed by atoms with Gasteiger partial charge in [0.1, 0.15) is 0 Å². The predicted octanol–water partition coefficient (Wildman–Crippen LogP) is 15.2. The number of para-hydroxylation sites is 2. The van der Waals surface area contributed by atoms with Crippen molar-refractivity contribution in [2.24, 2.45) is 5.92 Å². The van der Waals surface area contributed by atoms with Crippen LogP contribution >= 0.6 is 0 Å². The van der Waals surface area contributed by atoms with Crippen LogP contribution in [-0.4, -0.2) is 6.04 Å². The van der Waals surface area contributed by atoms with Crippen LogP contribution < -0.4 is 9.80 Å². The van der Waals surface area contributed by atoms with E-state index in [1.165, 1.54) is 84.9 Å². The molecule has 0 aromatic heterocycles. The Hall–Kier alpha value is -5.86. The first-order chi connectivity index (χ1) is 28.5. The Morgan fingerprint density at radius 2 is 0.864 bits per heavy atom. The normalized spacial score (nSPS) is 20.7. The summed E-state index contributed by atoms with van der Waals surface area (Å²) < 4.78 is 0. The third-order valence-corrected chi connectivity index (χ3v) is 15.2. The molecule has 0 saturated heterocycles. The maximum atomic E-state index is 2.77. The third-order valence-electron chi connectivity index (χ3n) is 15.2.